The van der Waals surface area contributed by atoms with Crippen LogP contribution >= 0.6 is 0 Å². The fourth-order valence-corrected chi connectivity index (χ4v) is 8.46. The van der Waals surface area contributed by atoms with E-state index in [4.69, 9.17) is 14.7 Å². The number of carbonyl (C=O) groups is 2. The Morgan fingerprint density at radius 3 is 2.65 bits per heavy atom. The van der Waals surface area contributed by atoms with Gasteiger partial charge in [-0.15, -0.1) is 0 Å². The first-order valence-corrected chi connectivity index (χ1v) is 18.9. The van der Waals surface area contributed by atoms with Crippen molar-refractivity contribution < 1.29 is 19.4 Å². The lowest BCUT2D eigenvalue weighted by molar-refractivity contribution is -0.111. The van der Waals surface area contributed by atoms with Crippen LogP contribution in [0.3, 0.4) is 0 Å². The molecule has 0 saturated carbocycles. The number of carbonyl (C=O) groups excluding carboxylic acids is 2. The van der Waals surface area contributed by atoms with Gasteiger partial charge < -0.3 is 34.5 Å². The van der Waals surface area contributed by atoms with Crippen molar-refractivity contribution in [3.05, 3.63) is 82.3 Å². The van der Waals surface area contributed by atoms with E-state index in [1.54, 1.807) is 42.7 Å². The molecule has 0 radical (unpaired) electrons. The maximum absolute atomic E-state index is 14.2. The summed E-state index contributed by atoms with van der Waals surface area (Å²) in [5.41, 5.74) is 5.16. The number of aromatic nitrogens is 5. The van der Waals surface area contributed by atoms with Crippen molar-refractivity contribution in [3.8, 4) is 11.3 Å². The third-order valence-corrected chi connectivity index (χ3v) is 11.3. The lowest BCUT2D eigenvalue weighted by Gasteiger charge is -2.46. The summed E-state index contributed by atoms with van der Waals surface area (Å²) in [6, 6.07) is 6.05. The molecule has 1 aliphatic carbocycles. The highest BCUT2D eigenvalue weighted by molar-refractivity contribution is 6.06. The molecule has 4 aromatic heterocycles. The number of pyridine rings is 2. The molecule has 0 spiro atoms. The molecule has 55 heavy (non-hydrogen) atoms. The molecule has 0 unspecified atom stereocenters. The number of aliphatic hydroxyl groups is 1. The molecule has 4 aliphatic rings. The van der Waals surface area contributed by atoms with Gasteiger partial charge in [-0.3, -0.25) is 24.2 Å². The lowest BCUT2D eigenvalue weighted by Crippen LogP contribution is -2.59. The van der Waals surface area contributed by atoms with Crippen molar-refractivity contribution in [2.45, 2.75) is 65.3 Å². The summed E-state index contributed by atoms with van der Waals surface area (Å²) in [4.78, 5) is 60.6. The summed E-state index contributed by atoms with van der Waals surface area (Å²) in [7, 11) is 1.63. The molecule has 2 saturated heterocycles. The van der Waals surface area contributed by atoms with E-state index in [-0.39, 0.29) is 29.1 Å². The summed E-state index contributed by atoms with van der Waals surface area (Å²) in [5.74, 6) is 0.461. The molecule has 2 amide bonds. The van der Waals surface area contributed by atoms with Crippen molar-refractivity contribution in [1.82, 2.24) is 29.0 Å². The number of hydrogen-bond donors (Lipinski definition) is 3. The van der Waals surface area contributed by atoms with Crippen LogP contribution in [0.15, 0.2) is 54.2 Å². The first-order chi connectivity index (χ1) is 26.4. The van der Waals surface area contributed by atoms with Crippen LogP contribution in [-0.2, 0) is 42.6 Å². The molecule has 3 aliphatic heterocycles. The van der Waals surface area contributed by atoms with Gasteiger partial charge in [-0.25, -0.2) is 15.0 Å². The summed E-state index contributed by atoms with van der Waals surface area (Å²) in [6.07, 6.45) is 8.61. The zero-order chi connectivity index (χ0) is 38.6. The number of nitrogens with zero attached hydrogens (tertiary/aromatic N) is 8. The molecular formula is C40H48N10O5. The molecule has 15 heteroatoms. The van der Waals surface area contributed by atoms with Crippen molar-refractivity contribution in [3.63, 3.8) is 0 Å². The van der Waals surface area contributed by atoms with Crippen LogP contribution in [0.25, 0.3) is 11.3 Å². The van der Waals surface area contributed by atoms with Crippen LogP contribution < -0.4 is 26.0 Å². The molecule has 3 N–H and O–H groups in total. The maximum Gasteiger partial charge on any atom is 0.293 e. The number of hydrogen-bond acceptors (Lipinski definition) is 11. The normalized spacial score (nSPS) is 19.7. The summed E-state index contributed by atoms with van der Waals surface area (Å²) >= 11 is 0. The van der Waals surface area contributed by atoms with Gasteiger partial charge in [-0.1, -0.05) is 20.4 Å². The van der Waals surface area contributed by atoms with Crippen LogP contribution in [0.4, 0.5) is 28.8 Å². The van der Waals surface area contributed by atoms with Crippen LogP contribution in [-0.4, -0.2) is 97.4 Å². The average Bonchev–Trinajstić information content (AvgIpc) is 3.56. The number of aliphatic hydroxyl groups excluding tert-OH is 1. The SMILES string of the molecule is C=CC(=O)Nc1cc(Nc2nc(-c3ccnc(N4CCCn5c(cc6c5CC(C)(C)C6)C4=O)c3CO)cn(C)c2=O)cnc1N1CCN(C2COC2)C[C@@H]1C. The minimum Gasteiger partial charge on any atom is -0.392 e. The molecule has 4 aromatic rings. The number of amides is 2. The van der Waals surface area contributed by atoms with E-state index in [2.05, 4.69) is 57.3 Å². The van der Waals surface area contributed by atoms with Crippen molar-refractivity contribution in [1.29, 1.82) is 0 Å². The molecule has 288 valence electrons. The zero-order valence-electron chi connectivity index (χ0n) is 31.8. The van der Waals surface area contributed by atoms with Gasteiger partial charge >= 0.3 is 0 Å². The highest BCUT2D eigenvalue weighted by atomic mass is 16.5. The van der Waals surface area contributed by atoms with Crippen molar-refractivity contribution in [2.75, 3.05) is 59.8 Å². The number of piperazine rings is 1. The molecule has 8 rings (SSSR count). The molecule has 15 nitrogen and oxygen atoms in total. The fraction of sp³-hybridized carbons (Fsp3) is 0.450. The molecule has 0 aromatic carbocycles. The molecule has 0 bridgehead atoms. The van der Waals surface area contributed by atoms with Gasteiger partial charge in [-0.2, -0.15) is 0 Å². The van der Waals surface area contributed by atoms with Crippen LogP contribution in [0, 0.1) is 5.41 Å². The van der Waals surface area contributed by atoms with Gasteiger partial charge in [0.05, 0.1) is 49.1 Å². The molecule has 7 heterocycles. The zero-order valence-corrected chi connectivity index (χ0v) is 31.8. The van der Waals surface area contributed by atoms with Gasteiger partial charge in [0.25, 0.3) is 11.5 Å². The molecule has 2 fully saturated rings. The second kappa shape index (κ2) is 14.4. The molecular weight excluding hydrogens is 701 g/mol. The molecule has 1 atom stereocenters. The summed E-state index contributed by atoms with van der Waals surface area (Å²) in [5, 5.41) is 16.8. The van der Waals surface area contributed by atoms with Crippen molar-refractivity contribution >= 4 is 40.6 Å². The van der Waals surface area contributed by atoms with Gasteiger partial charge in [0.1, 0.15) is 11.5 Å². The van der Waals surface area contributed by atoms with Gasteiger partial charge in [-0.05, 0) is 61.4 Å². The second-order valence-corrected chi connectivity index (χ2v) is 15.8. The maximum atomic E-state index is 14.2. The predicted molar refractivity (Wildman–Crippen MR) is 210 cm³/mol. The van der Waals surface area contributed by atoms with E-state index in [0.717, 1.165) is 58.7 Å². The minimum absolute atomic E-state index is 0.0172. The van der Waals surface area contributed by atoms with E-state index in [1.165, 1.54) is 21.9 Å². The standard InChI is InChI=1S/C40H48N10O5/c1-6-34(52)44-30-15-26(18-42-37(30)48-13-12-47(19-24(48)2)27-22-55-23-27)43-35-39(54)46(5)20-31(45-35)28-8-9-41-36(29(28)21-51)50-11-7-10-49-32(38(50)53)14-25-16-40(3,4)17-33(25)49/h6,8-9,14-15,18,20,24,27,51H,1,7,10-13,16-17,19,21-23H2,2-5H3,(H,43,45)(H,44,52)/t24-/m0/s1. The number of anilines is 5. The number of rotatable bonds is 9. The summed E-state index contributed by atoms with van der Waals surface area (Å²) < 4.78 is 8.99. The predicted octanol–water partition coefficient (Wildman–Crippen LogP) is 3.48. The van der Waals surface area contributed by atoms with Gasteiger partial charge in [0.2, 0.25) is 5.91 Å². The van der Waals surface area contributed by atoms with Gasteiger partial charge in [0, 0.05) is 75.0 Å². The summed E-state index contributed by atoms with van der Waals surface area (Å²) in [6.45, 7) is 14.9. The Bertz CT molecular complexity index is 2240. The quantitative estimate of drug-likeness (QED) is 0.215. The van der Waals surface area contributed by atoms with Crippen LogP contribution in [0.1, 0.15) is 54.5 Å². The Balaban J connectivity index is 1.09. The Morgan fingerprint density at radius 1 is 1.11 bits per heavy atom. The lowest BCUT2D eigenvalue weighted by atomic mass is 9.90. The monoisotopic (exact) mass is 748 g/mol. The average molecular weight is 749 g/mol. The number of ether oxygens (including phenoxy) is 1. The minimum atomic E-state index is -0.403. The first kappa shape index (κ1) is 36.6. The number of nitrogens with one attached hydrogen (secondary N) is 2. The smallest absolute Gasteiger partial charge is 0.293 e. The third kappa shape index (κ3) is 6.80. The fourth-order valence-electron chi connectivity index (χ4n) is 8.46. The Hall–Kier alpha value is -5.38. The van der Waals surface area contributed by atoms with E-state index in [0.29, 0.717) is 58.1 Å². The first-order valence-electron chi connectivity index (χ1n) is 18.9. The van der Waals surface area contributed by atoms with E-state index in [1.807, 2.05) is 6.07 Å². The van der Waals surface area contributed by atoms with Gasteiger partial charge in [0.15, 0.2) is 11.6 Å². The van der Waals surface area contributed by atoms with Crippen LogP contribution in [0.2, 0.25) is 0 Å². The van der Waals surface area contributed by atoms with E-state index < -0.39 is 12.2 Å². The third-order valence-electron chi connectivity index (χ3n) is 11.3. The number of aryl methyl sites for hydroxylation is 1. The largest absolute Gasteiger partial charge is 0.392 e. The van der Waals surface area contributed by atoms with E-state index >= 15 is 0 Å². The Labute approximate surface area is 319 Å². The topological polar surface area (TPSA) is 163 Å². The number of fused-ring (bicyclic) bond motifs is 3. The Morgan fingerprint density at radius 2 is 1.93 bits per heavy atom. The van der Waals surface area contributed by atoms with Crippen molar-refractivity contribution in [2.24, 2.45) is 12.5 Å². The second-order valence-electron chi connectivity index (χ2n) is 15.8. The highest BCUT2D eigenvalue weighted by Crippen LogP contribution is 2.40. The van der Waals surface area contributed by atoms with Crippen LogP contribution in [0.5, 0.6) is 0 Å². The van der Waals surface area contributed by atoms with E-state index in [9.17, 15) is 19.5 Å². The highest BCUT2D eigenvalue weighted by Gasteiger charge is 2.37. The Kier molecular flexibility index (Phi) is 9.55.